The second kappa shape index (κ2) is 5.86. The van der Waals surface area contributed by atoms with E-state index < -0.39 is 0 Å². The molecule has 1 N–H and O–H groups in total. The number of likely N-dealkylation sites (tertiary alicyclic amines) is 1. The molecule has 1 radical (unpaired) electrons. The van der Waals surface area contributed by atoms with E-state index in [9.17, 15) is 4.79 Å². The molecule has 2 saturated heterocycles. The van der Waals surface area contributed by atoms with Crippen molar-refractivity contribution in [3.63, 3.8) is 0 Å². The van der Waals surface area contributed by atoms with Crippen molar-refractivity contribution in [1.82, 2.24) is 10.2 Å². The first-order valence-corrected chi connectivity index (χ1v) is 6.80. The largest absolute Gasteiger partial charge is 0.425 e. The fourth-order valence-corrected chi connectivity index (χ4v) is 2.81. The van der Waals surface area contributed by atoms with E-state index >= 15 is 0 Å². The topological polar surface area (TPSA) is 44.9 Å². The maximum Gasteiger partial charge on any atom is 0.342 e. The molecule has 3 rings (SSSR count). The first-order valence-electron chi connectivity index (χ1n) is 6.80. The van der Waals surface area contributed by atoms with Crippen LogP contribution in [-0.2, 0) is 16.0 Å². The van der Waals surface area contributed by atoms with Gasteiger partial charge in [-0.05, 0) is 11.5 Å². The molecule has 5 heteroatoms. The van der Waals surface area contributed by atoms with Crippen LogP contribution in [0.5, 0.6) is 0 Å². The van der Waals surface area contributed by atoms with Crippen LogP contribution in [0.25, 0.3) is 0 Å². The van der Waals surface area contributed by atoms with E-state index in [-0.39, 0.29) is 6.13 Å². The van der Waals surface area contributed by atoms with Crippen molar-refractivity contribution < 1.29 is 9.45 Å². The van der Waals surface area contributed by atoms with E-state index in [0.717, 1.165) is 25.9 Å². The van der Waals surface area contributed by atoms with Crippen molar-refractivity contribution in [2.24, 2.45) is 5.92 Å². The summed E-state index contributed by atoms with van der Waals surface area (Å²) in [6, 6.07) is 10.8. The summed E-state index contributed by atoms with van der Waals surface area (Å²) in [4.78, 5) is 13.2. The second-order valence-electron chi connectivity index (χ2n) is 5.31. The van der Waals surface area contributed by atoms with Crippen molar-refractivity contribution >= 4 is 13.8 Å². The zero-order valence-corrected chi connectivity index (χ0v) is 10.9. The van der Waals surface area contributed by atoms with E-state index in [4.69, 9.17) is 4.65 Å². The van der Waals surface area contributed by atoms with Crippen molar-refractivity contribution in [1.29, 1.82) is 0 Å². The van der Waals surface area contributed by atoms with Gasteiger partial charge in [-0.2, -0.15) is 0 Å². The lowest BCUT2D eigenvalue weighted by atomic mass is 9.99. The summed E-state index contributed by atoms with van der Waals surface area (Å²) < 4.78 is 5.11. The molecular weight excluding hydrogens is 239 g/mol. The van der Waals surface area contributed by atoms with E-state index in [2.05, 4.69) is 34.5 Å². The lowest BCUT2D eigenvalue weighted by molar-refractivity contribution is -0.108. The van der Waals surface area contributed by atoms with Gasteiger partial charge in [0.2, 0.25) is 0 Å². The maximum absolute atomic E-state index is 10.8. The van der Waals surface area contributed by atoms with E-state index in [0.29, 0.717) is 18.4 Å². The molecule has 99 valence electrons. The highest BCUT2D eigenvalue weighted by atomic mass is 16.5. The number of rotatable bonds is 6. The molecule has 4 nitrogen and oxygen atoms in total. The molecular formula is C14H18BN2O2. The molecule has 2 heterocycles. The van der Waals surface area contributed by atoms with Gasteiger partial charge in [-0.25, -0.2) is 0 Å². The molecule has 1 aromatic carbocycles. The van der Waals surface area contributed by atoms with Gasteiger partial charge in [0, 0.05) is 32.1 Å². The highest BCUT2D eigenvalue weighted by Gasteiger charge is 2.37. The van der Waals surface area contributed by atoms with Crippen LogP contribution in [0.1, 0.15) is 12.0 Å². The van der Waals surface area contributed by atoms with Gasteiger partial charge in [-0.3, -0.25) is 10.2 Å². The fraction of sp³-hybridized carbons (Fsp3) is 0.500. The van der Waals surface area contributed by atoms with E-state index in [1.807, 2.05) is 6.07 Å². The van der Waals surface area contributed by atoms with Crippen LogP contribution in [0.15, 0.2) is 30.3 Å². The van der Waals surface area contributed by atoms with E-state index in [1.54, 1.807) is 7.48 Å². The number of carbonyl (C=O) groups is 1. The number of nitrogens with zero attached hydrogens (tertiary/aromatic N) is 1. The van der Waals surface area contributed by atoms with E-state index in [1.165, 1.54) is 5.56 Å². The van der Waals surface area contributed by atoms with Crippen molar-refractivity contribution in [2.45, 2.75) is 25.1 Å². The number of hydrogen-bond donors (Lipinski definition) is 1. The predicted octanol–water partition coefficient (Wildman–Crippen LogP) is 0.599. The van der Waals surface area contributed by atoms with Gasteiger partial charge in [-0.1, -0.05) is 30.3 Å². The van der Waals surface area contributed by atoms with Gasteiger partial charge < -0.3 is 9.45 Å². The number of hydrogen-bond acceptors (Lipinski definition) is 4. The second-order valence-corrected chi connectivity index (χ2v) is 5.31. The molecule has 2 aliphatic rings. The molecule has 0 spiro atoms. The van der Waals surface area contributed by atoms with Crippen molar-refractivity contribution in [2.75, 3.05) is 13.1 Å². The van der Waals surface area contributed by atoms with Crippen LogP contribution in [0.3, 0.4) is 0 Å². The van der Waals surface area contributed by atoms with Crippen LogP contribution in [0, 0.1) is 5.92 Å². The molecule has 2 fully saturated rings. The van der Waals surface area contributed by atoms with Gasteiger partial charge in [-0.15, -0.1) is 0 Å². The lowest BCUT2D eigenvalue weighted by Crippen LogP contribution is -2.38. The quantitative estimate of drug-likeness (QED) is 0.460. The van der Waals surface area contributed by atoms with Crippen LogP contribution >= 0.6 is 0 Å². The Morgan fingerprint density at radius 1 is 1.37 bits per heavy atom. The normalized spacial score (nSPS) is 30.0. The molecule has 2 unspecified atom stereocenters. The Hall–Kier alpha value is -1.17. The third-order valence-electron chi connectivity index (χ3n) is 3.82. The Kier molecular flexibility index (Phi) is 3.96. The van der Waals surface area contributed by atoms with Crippen molar-refractivity contribution in [3.8, 4) is 0 Å². The summed E-state index contributed by atoms with van der Waals surface area (Å²) in [6.07, 6.45) is 1.74. The minimum Gasteiger partial charge on any atom is -0.425 e. The molecule has 1 aromatic rings. The van der Waals surface area contributed by atoms with Crippen LogP contribution < -0.4 is 5.32 Å². The summed E-state index contributed by atoms with van der Waals surface area (Å²) in [6.45, 7) is 2.89. The Morgan fingerprint density at radius 3 is 2.84 bits per heavy atom. The zero-order chi connectivity index (χ0) is 13.1. The van der Waals surface area contributed by atoms with Crippen LogP contribution in [0.2, 0.25) is 0 Å². The third-order valence-corrected chi connectivity index (χ3v) is 3.82. The Balaban J connectivity index is 1.59. The number of benzene rings is 1. The van der Waals surface area contributed by atoms with Gasteiger partial charge >= 0.3 is 7.48 Å². The fourth-order valence-electron chi connectivity index (χ4n) is 2.81. The SMILES string of the molecule is O=CC[C@H]1CN(Cc2ccccc2)CC1NC1[B]O1. The first-order chi connectivity index (χ1) is 9.35. The molecule has 19 heavy (non-hydrogen) atoms. The monoisotopic (exact) mass is 257 g/mol. The maximum atomic E-state index is 10.8. The smallest absolute Gasteiger partial charge is 0.342 e. The Labute approximate surface area is 114 Å². The predicted molar refractivity (Wildman–Crippen MR) is 73.4 cm³/mol. The molecule has 0 aromatic heterocycles. The number of nitrogens with one attached hydrogen (secondary N) is 1. The summed E-state index contributed by atoms with van der Waals surface area (Å²) in [7, 11) is 1.79. The third kappa shape index (κ3) is 3.44. The number of carbonyl (C=O) groups excluding carboxylic acids is 1. The molecule has 3 atom stereocenters. The van der Waals surface area contributed by atoms with Crippen LogP contribution in [-0.4, -0.2) is 43.9 Å². The van der Waals surface area contributed by atoms with Gasteiger partial charge in [0.25, 0.3) is 0 Å². The number of aldehydes is 1. The zero-order valence-electron chi connectivity index (χ0n) is 10.9. The average molecular weight is 257 g/mol. The molecule has 0 saturated carbocycles. The Bertz CT molecular complexity index is 425. The average Bonchev–Trinajstić information content (AvgIpc) is 3.15. The Morgan fingerprint density at radius 2 is 2.16 bits per heavy atom. The van der Waals surface area contributed by atoms with Gasteiger partial charge in [0.1, 0.15) is 6.29 Å². The van der Waals surface area contributed by atoms with Crippen LogP contribution in [0.4, 0.5) is 0 Å². The van der Waals surface area contributed by atoms with Gasteiger partial charge in [0.05, 0.1) is 6.13 Å². The standard InChI is InChI=1S/C14H18BN2O2/c18-7-6-12-9-17(8-11-4-2-1-3-5-11)10-13(12)16-14-15-19-14/h1-5,7,12-14,16H,6,8-10H2/t12-,13?,14?/m0/s1. The van der Waals surface area contributed by atoms with Gasteiger partial charge in [0.15, 0.2) is 0 Å². The summed E-state index contributed by atoms with van der Waals surface area (Å²) in [5.74, 6) is 0.388. The first kappa shape index (κ1) is 12.8. The summed E-state index contributed by atoms with van der Waals surface area (Å²) in [5.41, 5.74) is 1.32. The molecule has 0 bridgehead atoms. The van der Waals surface area contributed by atoms with Crippen molar-refractivity contribution in [3.05, 3.63) is 35.9 Å². The highest BCUT2D eigenvalue weighted by molar-refractivity contribution is 6.38. The molecule has 2 aliphatic heterocycles. The summed E-state index contributed by atoms with van der Waals surface area (Å²) >= 11 is 0. The minimum atomic E-state index is 0.0934. The molecule has 0 amide bonds. The summed E-state index contributed by atoms with van der Waals surface area (Å²) in [5, 5.41) is 3.43. The molecule has 0 aliphatic carbocycles. The lowest BCUT2D eigenvalue weighted by Gasteiger charge is -2.17. The minimum absolute atomic E-state index is 0.0934. The highest BCUT2D eigenvalue weighted by Crippen LogP contribution is 2.23.